The van der Waals surface area contributed by atoms with Gasteiger partial charge in [0.2, 0.25) is 5.91 Å². The molecule has 1 amide bonds. The summed E-state index contributed by atoms with van der Waals surface area (Å²) in [5.74, 6) is 1.23. The quantitative estimate of drug-likeness (QED) is 0.607. The molecule has 5 nitrogen and oxygen atoms in total. The molecule has 0 aliphatic rings. The minimum Gasteiger partial charge on any atom is -0.356 e. The lowest BCUT2D eigenvalue weighted by Gasteiger charge is -2.24. The lowest BCUT2D eigenvalue weighted by molar-refractivity contribution is -0.127. The minimum absolute atomic E-state index is 0.0110. The number of hydrogen-bond donors (Lipinski definition) is 1. The molecule has 1 aromatic rings. The topological polar surface area (TPSA) is 47.9 Å². The molecular weight excluding hydrogens is 356 g/mol. The second-order valence-electron chi connectivity index (χ2n) is 6.15. The molecule has 128 valence electrons. The van der Waals surface area contributed by atoms with E-state index in [4.69, 9.17) is 0 Å². The third kappa shape index (κ3) is 7.03. The maximum atomic E-state index is 11.8. The molecule has 0 bridgehead atoms. The van der Waals surface area contributed by atoms with Crippen LogP contribution in [0.5, 0.6) is 0 Å². The molecule has 1 aromatic carbocycles. The first-order chi connectivity index (χ1) is 10.8. The van der Waals surface area contributed by atoms with E-state index < -0.39 is 0 Å². The number of nitrogens with one attached hydrogen (secondary N) is 1. The van der Waals surface area contributed by atoms with Crippen LogP contribution >= 0.6 is 15.9 Å². The lowest BCUT2D eigenvalue weighted by atomic mass is 10.2. The number of likely N-dealkylation sites (N-methyl/N-ethyl adjacent to an activating group) is 1. The molecule has 0 spiro atoms. The van der Waals surface area contributed by atoms with Gasteiger partial charge in [-0.2, -0.15) is 0 Å². The molecule has 1 rings (SSSR count). The van der Waals surface area contributed by atoms with Crippen LogP contribution in [0.2, 0.25) is 0 Å². The van der Waals surface area contributed by atoms with Gasteiger partial charge in [0.25, 0.3) is 0 Å². The minimum atomic E-state index is -0.0110. The molecule has 0 radical (unpaired) electrons. The van der Waals surface area contributed by atoms with Crippen molar-refractivity contribution in [2.24, 2.45) is 10.9 Å². The molecule has 6 heteroatoms. The number of guanidine groups is 1. The fourth-order valence-electron chi connectivity index (χ4n) is 1.85. The smallest absolute Gasteiger partial charge is 0.243 e. The van der Waals surface area contributed by atoms with Gasteiger partial charge in [-0.15, -0.1) is 0 Å². The summed E-state index contributed by atoms with van der Waals surface area (Å²) < 4.78 is 1.07. The zero-order valence-corrected chi connectivity index (χ0v) is 16.2. The Balaban J connectivity index is 2.83. The number of halogens is 1. The molecule has 0 fully saturated rings. The number of benzene rings is 1. The van der Waals surface area contributed by atoms with Crippen LogP contribution < -0.4 is 5.32 Å². The van der Waals surface area contributed by atoms with Gasteiger partial charge in [0.15, 0.2) is 5.96 Å². The third-order valence-electron chi connectivity index (χ3n) is 3.26. The average molecular weight is 383 g/mol. The average Bonchev–Trinajstić information content (AvgIpc) is 2.48. The Morgan fingerprint density at radius 1 is 1.26 bits per heavy atom. The van der Waals surface area contributed by atoms with Crippen LogP contribution in [-0.2, 0) is 11.3 Å². The molecule has 0 heterocycles. The summed E-state index contributed by atoms with van der Waals surface area (Å²) in [6.45, 7) is 5.96. The number of carbonyl (C=O) groups is 1. The molecule has 0 aliphatic carbocycles. The first kappa shape index (κ1) is 19.5. The number of aliphatic imine (C=N–C) groups is 1. The molecule has 1 N–H and O–H groups in total. The van der Waals surface area contributed by atoms with Gasteiger partial charge in [-0.05, 0) is 17.5 Å². The van der Waals surface area contributed by atoms with Crippen LogP contribution in [0.15, 0.2) is 33.7 Å². The summed E-state index contributed by atoms with van der Waals surface area (Å²) in [4.78, 5) is 19.8. The van der Waals surface area contributed by atoms with Crippen molar-refractivity contribution in [2.45, 2.75) is 20.4 Å². The predicted molar refractivity (Wildman–Crippen MR) is 99.4 cm³/mol. The summed E-state index contributed by atoms with van der Waals surface area (Å²) in [7, 11) is 5.46. The van der Waals surface area contributed by atoms with E-state index >= 15 is 0 Å². The van der Waals surface area contributed by atoms with Crippen molar-refractivity contribution in [3.05, 3.63) is 34.3 Å². The molecular formula is C17H27BrN4O. The van der Waals surface area contributed by atoms with Gasteiger partial charge in [0, 0.05) is 38.7 Å². The van der Waals surface area contributed by atoms with E-state index in [0.29, 0.717) is 12.5 Å². The number of nitrogens with zero attached hydrogens (tertiary/aromatic N) is 3. The van der Waals surface area contributed by atoms with Gasteiger partial charge in [0.05, 0.1) is 0 Å². The normalized spacial score (nSPS) is 11.5. The van der Waals surface area contributed by atoms with Gasteiger partial charge in [-0.3, -0.25) is 4.79 Å². The first-order valence-corrected chi connectivity index (χ1v) is 8.53. The summed E-state index contributed by atoms with van der Waals surface area (Å²) in [6.07, 6.45) is 0. The predicted octanol–water partition coefficient (Wildman–Crippen LogP) is 2.57. The number of amides is 1. The zero-order chi connectivity index (χ0) is 17.4. The van der Waals surface area contributed by atoms with Crippen molar-refractivity contribution in [2.75, 3.05) is 34.2 Å². The fraction of sp³-hybridized carbons (Fsp3) is 0.529. The van der Waals surface area contributed by atoms with E-state index in [1.54, 1.807) is 19.0 Å². The highest BCUT2D eigenvalue weighted by atomic mass is 79.9. The summed E-state index contributed by atoms with van der Waals surface area (Å²) >= 11 is 3.57. The largest absolute Gasteiger partial charge is 0.356 e. The van der Waals surface area contributed by atoms with Crippen molar-refractivity contribution in [3.8, 4) is 0 Å². The Labute approximate surface area is 147 Å². The van der Waals surface area contributed by atoms with E-state index in [-0.39, 0.29) is 12.5 Å². The molecule has 0 saturated carbocycles. The fourth-order valence-corrected chi connectivity index (χ4v) is 2.26. The molecule has 0 atom stereocenters. The highest BCUT2D eigenvalue weighted by molar-refractivity contribution is 9.10. The molecule has 0 aromatic heterocycles. The van der Waals surface area contributed by atoms with Gasteiger partial charge in [-0.25, -0.2) is 4.99 Å². The highest BCUT2D eigenvalue weighted by Gasteiger charge is 2.11. The van der Waals surface area contributed by atoms with E-state index in [1.165, 1.54) is 5.56 Å². The van der Waals surface area contributed by atoms with Crippen LogP contribution in [0, 0.1) is 5.92 Å². The molecule has 0 unspecified atom stereocenters. The van der Waals surface area contributed by atoms with Crippen LogP contribution in [0.1, 0.15) is 19.4 Å². The van der Waals surface area contributed by atoms with Crippen LogP contribution in [0.4, 0.5) is 0 Å². The zero-order valence-electron chi connectivity index (χ0n) is 14.6. The Morgan fingerprint density at radius 2 is 1.91 bits per heavy atom. The Morgan fingerprint density at radius 3 is 2.48 bits per heavy atom. The van der Waals surface area contributed by atoms with Crippen LogP contribution in [0.3, 0.4) is 0 Å². The van der Waals surface area contributed by atoms with Crippen molar-refractivity contribution >= 4 is 27.8 Å². The lowest BCUT2D eigenvalue weighted by Crippen LogP contribution is -2.41. The number of carbonyl (C=O) groups excluding carboxylic acids is 1. The Hall–Kier alpha value is -1.56. The SMILES string of the molecule is CC(C)CNC(=NCC(=O)N(C)C)N(C)Cc1ccccc1Br. The van der Waals surface area contributed by atoms with Gasteiger partial charge in [-0.1, -0.05) is 48.0 Å². The molecule has 0 aliphatic heterocycles. The number of rotatable bonds is 6. The summed E-state index contributed by atoms with van der Waals surface area (Å²) in [5, 5.41) is 3.34. The van der Waals surface area contributed by atoms with Gasteiger partial charge in [0.1, 0.15) is 6.54 Å². The highest BCUT2D eigenvalue weighted by Crippen LogP contribution is 2.17. The molecule has 0 saturated heterocycles. The second-order valence-corrected chi connectivity index (χ2v) is 7.00. The number of hydrogen-bond acceptors (Lipinski definition) is 2. The first-order valence-electron chi connectivity index (χ1n) is 7.74. The van der Waals surface area contributed by atoms with Crippen molar-refractivity contribution < 1.29 is 4.79 Å². The van der Waals surface area contributed by atoms with Crippen molar-refractivity contribution in [1.82, 2.24) is 15.1 Å². The van der Waals surface area contributed by atoms with Crippen LogP contribution in [-0.4, -0.2) is 55.9 Å². The van der Waals surface area contributed by atoms with Gasteiger partial charge < -0.3 is 15.1 Å². The van der Waals surface area contributed by atoms with Gasteiger partial charge >= 0.3 is 0 Å². The second kappa shape index (κ2) is 9.55. The maximum Gasteiger partial charge on any atom is 0.243 e. The van der Waals surface area contributed by atoms with Crippen LogP contribution in [0.25, 0.3) is 0 Å². The van der Waals surface area contributed by atoms with E-state index in [1.807, 2.05) is 30.1 Å². The maximum absolute atomic E-state index is 11.8. The molecule has 23 heavy (non-hydrogen) atoms. The Bertz CT molecular complexity index is 543. The third-order valence-corrected chi connectivity index (χ3v) is 4.03. The summed E-state index contributed by atoms with van der Waals surface area (Å²) in [5.41, 5.74) is 1.17. The monoisotopic (exact) mass is 382 g/mol. The Kier molecular flexibility index (Phi) is 8.09. The van der Waals surface area contributed by atoms with E-state index in [2.05, 4.69) is 46.2 Å². The van der Waals surface area contributed by atoms with Crippen molar-refractivity contribution in [1.29, 1.82) is 0 Å². The van der Waals surface area contributed by atoms with Crippen molar-refractivity contribution in [3.63, 3.8) is 0 Å². The summed E-state index contributed by atoms with van der Waals surface area (Å²) in [6, 6.07) is 8.11. The van der Waals surface area contributed by atoms with E-state index in [0.717, 1.165) is 17.0 Å². The standard InChI is InChI=1S/C17H27BrN4O/c1-13(2)10-19-17(20-11-16(23)21(3)4)22(5)12-14-8-6-7-9-15(14)18/h6-9,13H,10-12H2,1-5H3,(H,19,20). The van der Waals surface area contributed by atoms with E-state index in [9.17, 15) is 4.79 Å².